The van der Waals surface area contributed by atoms with Crippen LogP contribution >= 0.6 is 11.3 Å². The molecule has 0 saturated carbocycles. The lowest BCUT2D eigenvalue weighted by Gasteiger charge is -2.14. The van der Waals surface area contributed by atoms with Crippen LogP contribution in [0.2, 0.25) is 0 Å². The minimum absolute atomic E-state index is 0.132. The van der Waals surface area contributed by atoms with E-state index in [0.29, 0.717) is 32.3 Å². The largest absolute Gasteiger partial charge is 0.463 e. The van der Waals surface area contributed by atoms with E-state index >= 15 is 0 Å². The average molecular weight is 548 g/mol. The van der Waals surface area contributed by atoms with Crippen LogP contribution in [0.1, 0.15) is 31.8 Å². The number of aromatic nitrogens is 1. The Labute approximate surface area is 230 Å². The summed E-state index contributed by atoms with van der Waals surface area (Å²) in [5.41, 5.74) is 1.92. The van der Waals surface area contributed by atoms with Crippen molar-refractivity contribution in [2.24, 2.45) is 5.10 Å². The zero-order valence-corrected chi connectivity index (χ0v) is 21.5. The predicted octanol–water partition coefficient (Wildman–Crippen LogP) is 6.45. The summed E-state index contributed by atoms with van der Waals surface area (Å²) >= 11 is 1.07. The Hall–Kier alpha value is -5.28. The van der Waals surface area contributed by atoms with Crippen LogP contribution in [0.25, 0.3) is 21.2 Å². The Morgan fingerprint density at radius 2 is 1.57 bits per heavy atom. The molecule has 0 aliphatic heterocycles. The number of fused-ring (bicyclic) bond motifs is 2. The van der Waals surface area contributed by atoms with Crippen molar-refractivity contribution in [1.82, 2.24) is 4.98 Å². The second-order valence-electron chi connectivity index (χ2n) is 8.76. The first kappa shape index (κ1) is 25.0. The Bertz CT molecular complexity index is 1980. The lowest BCUT2D eigenvalue weighted by molar-refractivity contribution is 0.0985. The number of halogens is 1. The van der Waals surface area contributed by atoms with Crippen LogP contribution in [0.3, 0.4) is 0 Å². The Morgan fingerprint density at radius 1 is 0.875 bits per heavy atom. The SMILES string of the molecule is O=C(c1ccccc1)c1ccc(C(=O)N(/N=C/c2coc3ccccc3c2=O)c2nc3ccc(F)cc3s2)cc1. The van der Waals surface area contributed by atoms with Gasteiger partial charge in [-0.25, -0.2) is 9.37 Å². The van der Waals surface area contributed by atoms with Crippen molar-refractivity contribution < 1.29 is 18.4 Å². The molecule has 1 amide bonds. The van der Waals surface area contributed by atoms with Gasteiger partial charge in [-0.3, -0.25) is 14.4 Å². The van der Waals surface area contributed by atoms with Crippen LogP contribution in [-0.4, -0.2) is 22.9 Å². The molecule has 6 rings (SSSR count). The van der Waals surface area contributed by atoms with Gasteiger partial charge in [0.15, 0.2) is 5.78 Å². The molecule has 2 heterocycles. The monoisotopic (exact) mass is 547 g/mol. The maximum Gasteiger partial charge on any atom is 0.280 e. The number of hydrogen-bond donors (Lipinski definition) is 0. The first-order valence-corrected chi connectivity index (χ1v) is 12.9. The van der Waals surface area contributed by atoms with Gasteiger partial charge >= 0.3 is 0 Å². The third kappa shape index (κ3) is 4.81. The number of ketones is 1. The van der Waals surface area contributed by atoms with E-state index < -0.39 is 11.7 Å². The molecular formula is C31H18FN3O4S. The third-order valence-electron chi connectivity index (χ3n) is 6.16. The smallest absolute Gasteiger partial charge is 0.280 e. The first-order chi connectivity index (χ1) is 19.5. The molecule has 9 heteroatoms. The van der Waals surface area contributed by atoms with Crippen molar-refractivity contribution in [2.75, 3.05) is 5.01 Å². The fraction of sp³-hybridized carbons (Fsp3) is 0. The second-order valence-corrected chi connectivity index (χ2v) is 9.77. The van der Waals surface area contributed by atoms with E-state index in [9.17, 15) is 18.8 Å². The van der Waals surface area contributed by atoms with Crippen molar-refractivity contribution in [1.29, 1.82) is 0 Å². The molecule has 4 aromatic carbocycles. The normalized spacial score (nSPS) is 11.3. The highest BCUT2D eigenvalue weighted by molar-refractivity contribution is 7.22. The number of para-hydroxylation sites is 1. The van der Waals surface area contributed by atoms with Gasteiger partial charge in [0.2, 0.25) is 10.6 Å². The fourth-order valence-corrected chi connectivity index (χ4v) is 5.06. The highest BCUT2D eigenvalue weighted by Crippen LogP contribution is 2.30. The Morgan fingerprint density at radius 3 is 2.38 bits per heavy atom. The molecule has 0 aliphatic rings. The maximum atomic E-state index is 13.8. The molecule has 0 fully saturated rings. The number of amides is 1. The minimum Gasteiger partial charge on any atom is -0.463 e. The van der Waals surface area contributed by atoms with Crippen LogP contribution in [-0.2, 0) is 0 Å². The van der Waals surface area contributed by atoms with Gasteiger partial charge in [0.25, 0.3) is 5.91 Å². The fourth-order valence-electron chi connectivity index (χ4n) is 4.11. The molecule has 6 aromatic rings. The van der Waals surface area contributed by atoms with E-state index in [1.807, 2.05) is 6.07 Å². The van der Waals surface area contributed by atoms with E-state index in [1.54, 1.807) is 60.7 Å². The van der Waals surface area contributed by atoms with E-state index in [0.717, 1.165) is 16.3 Å². The number of benzene rings is 4. The van der Waals surface area contributed by atoms with E-state index in [2.05, 4.69) is 10.1 Å². The summed E-state index contributed by atoms with van der Waals surface area (Å²) in [6, 6.07) is 25.9. The van der Waals surface area contributed by atoms with Crippen LogP contribution in [0.4, 0.5) is 9.52 Å². The summed E-state index contributed by atoms with van der Waals surface area (Å²) in [4.78, 5) is 43.9. The highest BCUT2D eigenvalue weighted by Gasteiger charge is 2.22. The standard InChI is InChI=1S/C31H18FN3O4S/c32-23-14-15-25-27(16-23)40-31(34-25)35(33-17-22-18-39-26-9-5-4-8-24(26)29(22)37)30(38)21-12-10-20(11-13-21)28(36)19-6-2-1-3-7-19/h1-18H/b33-17+. The van der Waals surface area contributed by atoms with Crippen LogP contribution in [0, 0.1) is 5.82 Å². The van der Waals surface area contributed by atoms with Gasteiger partial charge in [0.1, 0.15) is 17.7 Å². The summed E-state index contributed by atoms with van der Waals surface area (Å²) in [5.74, 6) is -1.16. The molecule has 0 aliphatic carbocycles. The number of anilines is 1. The summed E-state index contributed by atoms with van der Waals surface area (Å²) in [6.07, 6.45) is 2.50. The molecule has 0 saturated heterocycles. The van der Waals surface area contributed by atoms with E-state index in [1.165, 1.54) is 42.8 Å². The maximum absolute atomic E-state index is 13.8. The van der Waals surface area contributed by atoms with Gasteiger partial charge in [-0.1, -0.05) is 65.9 Å². The molecule has 2 aromatic heterocycles. The number of hydrogen-bond acceptors (Lipinski definition) is 7. The molecule has 0 unspecified atom stereocenters. The summed E-state index contributed by atoms with van der Waals surface area (Å²) in [7, 11) is 0. The van der Waals surface area contributed by atoms with Crippen LogP contribution in [0.5, 0.6) is 0 Å². The number of nitrogens with zero attached hydrogens (tertiary/aromatic N) is 3. The number of thiazole rings is 1. The summed E-state index contributed by atoms with van der Waals surface area (Å²) in [5, 5.41) is 5.91. The van der Waals surface area contributed by atoms with Gasteiger partial charge in [0.05, 0.1) is 27.4 Å². The minimum atomic E-state index is -0.556. The molecule has 0 atom stereocenters. The van der Waals surface area contributed by atoms with Gasteiger partial charge in [-0.05, 0) is 42.5 Å². The molecule has 0 N–H and O–H groups in total. The van der Waals surface area contributed by atoms with Crippen molar-refractivity contribution >= 4 is 55.6 Å². The summed E-state index contributed by atoms with van der Waals surface area (Å²) < 4.78 is 19.9. The lowest BCUT2D eigenvalue weighted by Crippen LogP contribution is -2.26. The van der Waals surface area contributed by atoms with Crippen molar-refractivity contribution in [2.45, 2.75) is 0 Å². The zero-order valence-electron chi connectivity index (χ0n) is 20.7. The number of rotatable bonds is 6. The second kappa shape index (κ2) is 10.5. The molecule has 0 bridgehead atoms. The summed E-state index contributed by atoms with van der Waals surface area (Å²) in [6.45, 7) is 0. The molecule has 40 heavy (non-hydrogen) atoms. The lowest BCUT2D eigenvalue weighted by atomic mass is 10.0. The number of carbonyl (C=O) groups is 2. The Balaban J connectivity index is 1.38. The van der Waals surface area contributed by atoms with Crippen molar-refractivity contribution in [3.8, 4) is 0 Å². The van der Waals surface area contributed by atoms with Gasteiger partial charge in [-0.15, -0.1) is 0 Å². The van der Waals surface area contributed by atoms with Crippen LogP contribution in [0.15, 0.2) is 118 Å². The molecule has 0 spiro atoms. The first-order valence-electron chi connectivity index (χ1n) is 12.1. The van der Waals surface area contributed by atoms with Crippen molar-refractivity contribution in [3.05, 3.63) is 142 Å². The molecule has 7 nitrogen and oxygen atoms in total. The molecule has 0 radical (unpaired) electrons. The number of hydrazone groups is 1. The van der Waals surface area contributed by atoms with Crippen molar-refractivity contribution in [3.63, 3.8) is 0 Å². The van der Waals surface area contributed by atoms with Crippen LogP contribution < -0.4 is 10.4 Å². The topological polar surface area (TPSA) is 92.8 Å². The van der Waals surface area contributed by atoms with Gasteiger partial charge in [-0.2, -0.15) is 10.1 Å². The van der Waals surface area contributed by atoms with E-state index in [-0.39, 0.29) is 27.5 Å². The average Bonchev–Trinajstić information content (AvgIpc) is 3.41. The zero-order chi connectivity index (χ0) is 27.6. The predicted molar refractivity (Wildman–Crippen MR) is 153 cm³/mol. The molecular weight excluding hydrogens is 529 g/mol. The molecule has 194 valence electrons. The van der Waals surface area contributed by atoms with E-state index in [4.69, 9.17) is 4.42 Å². The van der Waals surface area contributed by atoms with Gasteiger partial charge in [0, 0.05) is 16.7 Å². The highest BCUT2D eigenvalue weighted by atomic mass is 32.1. The number of carbonyl (C=O) groups excluding carboxylic acids is 2. The third-order valence-corrected chi connectivity index (χ3v) is 7.16. The van der Waals surface area contributed by atoms with Gasteiger partial charge < -0.3 is 4.42 Å². The quantitative estimate of drug-likeness (QED) is 0.136. The Kier molecular flexibility index (Phi) is 6.55.